The molecular weight excluding hydrogens is 376 g/mol. The van der Waals surface area contributed by atoms with Gasteiger partial charge in [-0.3, -0.25) is 0 Å². The average molecular weight is 406 g/mol. The number of amides is 1. The zero-order valence-corrected chi connectivity index (χ0v) is 17.9. The fourth-order valence-corrected chi connectivity index (χ4v) is 14.0. The van der Waals surface area contributed by atoms with Crippen molar-refractivity contribution in [3.63, 3.8) is 0 Å². The molecule has 22 heavy (non-hydrogen) atoms. The Morgan fingerprint density at radius 1 is 1.09 bits per heavy atom. The summed E-state index contributed by atoms with van der Waals surface area (Å²) in [5, 5.41) is 0.163. The Hall–Kier alpha value is -0.446. The molecule has 1 aromatic carbocycles. The molecule has 4 heteroatoms. The molecule has 1 aliphatic heterocycles. The quantitative estimate of drug-likeness (QED) is 0.607. The number of anilines is 1. The number of carbonyl (C=O) groups excluding carboxylic acids is 1. The van der Waals surface area contributed by atoms with Crippen LogP contribution in [-0.2, 0) is 4.79 Å². The fraction of sp³-hybridized carbons (Fsp3) is 0.611. The molecule has 2 nitrogen and oxygen atoms in total. The summed E-state index contributed by atoms with van der Waals surface area (Å²) >= 11 is -2.39. The van der Waals surface area contributed by atoms with Crippen molar-refractivity contribution in [2.75, 3.05) is 4.81 Å². The van der Waals surface area contributed by atoms with Crippen LogP contribution in [0.25, 0.3) is 0 Å². The maximum absolute atomic E-state index is 13.4. The second-order valence-electron chi connectivity index (χ2n) is 7.71. The SMILES string of the molecule is CCB1N(c2ccccc2)C(=O)[CH]([Sn]([CH3])([CH3])[CH3])C1(CC)CC. The molecular formula is C18H30BNOSn. The zero-order chi connectivity index (χ0) is 16.5. The first-order valence-corrected chi connectivity index (χ1v) is 18.9. The molecule has 0 spiro atoms. The van der Waals surface area contributed by atoms with Crippen LogP contribution in [0, 0.1) is 0 Å². The molecule has 1 amide bonds. The van der Waals surface area contributed by atoms with Crippen molar-refractivity contribution < 1.29 is 4.79 Å². The van der Waals surface area contributed by atoms with E-state index < -0.39 is 18.4 Å². The van der Waals surface area contributed by atoms with E-state index in [1.807, 2.05) is 18.2 Å². The third-order valence-electron chi connectivity index (χ3n) is 5.64. The molecule has 1 saturated heterocycles. The number of benzene rings is 1. The number of carbonyl (C=O) groups is 1. The molecule has 1 atom stereocenters. The van der Waals surface area contributed by atoms with Gasteiger partial charge in [-0.05, 0) is 0 Å². The Kier molecular flexibility index (Phi) is 5.36. The zero-order valence-electron chi connectivity index (χ0n) is 15.0. The molecule has 0 N–H and O–H groups in total. The van der Waals surface area contributed by atoms with Crippen LogP contribution in [-0.4, -0.2) is 31.1 Å². The third kappa shape index (κ3) is 2.74. The van der Waals surface area contributed by atoms with Crippen molar-refractivity contribution in [1.82, 2.24) is 0 Å². The molecule has 1 heterocycles. The topological polar surface area (TPSA) is 20.3 Å². The van der Waals surface area contributed by atoms with E-state index in [1.165, 1.54) is 0 Å². The van der Waals surface area contributed by atoms with E-state index in [1.54, 1.807) is 0 Å². The molecule has 2 rings (SSSR count). The van der Waals surface area contributed by atoms with Gasteiger partial charge in [0.25, 0.3) is 0 Å². The molecule has 0 bridgehead atoms. The van der Waals surface area contributed by atoms with Crippen molar-refractivity contribution in [3.8, 4) is 0 Å². The summed E-state index contributed by atoms with van der Waals surface area (Å²) in [5.74, 6) is 0.407. The van der Waals surface area contributed by atoms with Crippen LogP contribution < -0.4 is 4.81 Å². The van der Waals surface area contributed by atoms with Crippen molar-refractivity contribution in [1.29, 1.82) is 0 Å². The summed E-state index contributed by atoms with van der Waals surface area (Å²) in [6, 6.07) is 10.3. The monoisotopic (exact) mass is 407 g/mol. The first kappa shape index (κ1) is 17.9. The minimum absolute atomic E-state index is 0.163. The summed E-state index contributed by atoms with van der Waals surface area (Å²) in [5.41, 5.74) is 1.09. The van der Waals surface area contributed by atoms with Gasteiger partial charge in [0.2, 0.25) is 0 Å². The summed E-state index contributed by atoms with van der Waals surface area (Å²) < 4.78 is 0.293. The third-order valence-corrected chi connectivity index (χ3v) is 12.9. The summed E-state index contributed by atoms with van der Waals surface area (Å²) in [6.07, 6.45) is 3.26. The second kappa shape index (κ2) is 6.58. The van der Waals surface area contributed by atoms with Gasteiger partial charge >= 0.3 is 141 Å². The van der Waals surface area contributed by atoms with Crippen LogP contribution in [0.15, 0.2) is 30.3 Å². The van der Waals surface area contributed by atoms with Gasteiger partial charge in [-0.2, -0.15) is 0 Å². The van der Waals surface area contributed by atoms with Crippen molar-refractivity contribution >= 4 is 36.8 Å². The molecule has 120 valence electrons. The number of hydrogen-bond donors (Lipinski definition) is 0. The van der Waals surface area contributed by atoms with Gasteiger partial charge in [0.1, 0.15) is 0 Å². The molecule has 0 radical (unpaired) electrons. The molecule has 0 saturated carbocycles. The maximum atomic E-state index is 13.4. The summed E-state index contributed by atoms with van der Waals surface area (Å²) in [6.45, 7) is 7.17. The Labute approximate surface area is 140 Å². The van der Waals surface area contributed by atoms with Gasteiger partial charge in [-0.15, -0.1) is 0 Å². The molecule has 1 aliphatic rings. The molecule has 0 aliphatic carbocycles. The Morgan fingerprint density at radius 2 is 1.64 bits per heavy atom. The predicted molar refractivity (Wildman–Crippen MR) is 101 cm³/mol. The molecule has 1 aromatic rings. The van der Waals surface area contributed by atoms with Crippen LogP contribution in [0.5, 0.6) is 0 Å². The Morgan fingerprint density at radius 3 is 2.05 bits per heavy atom. The standard InChI is InChI=1S/C15H21BNO.3CH3.Sn/c1-4-15(5-2)12-14(18)17(16(15)6-3)13-10-8-7-9-11-13;;;;/h7-12H,4-6H2,1-3H3;3*1H3;. The van der Waals surface area contributed by atoms with Crippen LogP contribution in [0.3, 0.4) is 0 Å². The Bertz CT molecular complexity index is 522. The van der Waals surface area contributed by atoms with E-state index in [2.05, 4.69) is 52.5 Å². The van der Waals surface area contributed by atoms with Crippen molar-refractivity contribution in [3.05, 3.63) is 30.3 Å². The van der Waals surface area contributed by atoms with E-state index in [9.17, 15) is 4.79 Å². The van der Waals surface area contributed by atoms with Crippen molar-refractivity contribution in [2.24, 2.45) is 0 Å². The van der Waals surface area contributed by atoms with Gasteiger partial charge in [-0.25, -0.2) is 0 Å². The molecule has 1 fully saturated rings. The van der Waals surface area contributed by atoms with E-state index in [-0.39, 0.29) is 5.31 Å². The van der Waals surface area contributed by atoms with Crippen LogP contribution in [0.2, 0.25) is 30.4 Å². The Balaban J connectivity index is 2.60. The summed E-state index contributed by atoms with van der Waals surface area (Å²) in [7, 11) is 0. The van der Waals surface area contributed by atoms with Crippen LogP contribution >= 0.6 is 0 Å². The second-order valence-corrected chi connectivity index (χ2v) is 22.9. The average Bonchev–Trinajstić information content (AvgIpc) is 2.76. The van der Waals surface area contributed by atoms with E-state index in [0.717, 1.165) is 24.8 Å². The minimum atomic E-state index is -2.39. The molecule has 1 unspecified atom stereocenters. The number of para-hydroxylation sites is 1. The van der Waals surface area contributed by atoms with Gasteiger partial charge in [0, 0.05) is 0 Å². The first-order chi connectivity index (χ1) is 10.3. The number of nitrogens with zero attached hydrogens (tertiary/aromatic N) is 1. The van der Waals surface area contributed by atoms with Crippen molar-refractivity contribution in [2.45, 2.75) is 64.0 Å². The van der Waals surface area contributed by atoms with Crippen LogP contribution in [0.4, 0.5) is 5.69 Å². The van der Waals surface area contributed by atoms with Crippen LogP contribution in [0.1, 0.15) is 33.6 Å². The normalized spacial score (nSPS) is 21.5. The number of rotatable bonds is 5. The van der Waals surface area contributed by atoms with Gasteiger partial charge in [0.05, 0.1) is 0 Å². The van der Waals surface area contributed by atoms with Gasteiger partial charge in [0.15, 0.2) is 0 Å². The van der Waals surface area contributed by atoms with E-state index in [0.29, 0.717) is 16.7 Å². The van der Waals surface area contributed by atoms with E-state index >= 15 is 0 Å². The van der Waals surface area contributed by atoms with Gasteiger partial charge < -0.3 is 0 Å². The predicted octanol–water partition coefficient (Wildman–Crippen LogP) is 5.31. The molecule has 0 aromatic heterocycles. The summed E-state index contributed by atoms with van der Waals surface area (Å²) in [4.78, 5) is 22.9. The first-order valence-electron chi connectivity index (χ1n) is 8.71. The fourth-order valence-electron chi connectivity index (χ4n) is 4.84. The van der Waals surface area contributed by atoms with Gasteiger partial charge in [-0.1, -0.05) is 0 Å². The number of hydrogen-bond acceptors (Lipinski definition) is 1. The van der Waals surface area contributed by atoms with E-state index in [4.69, 9.17) is 0 Å².